The van der Waals surface area contributed by atoms with E-state index >= 15 is 0 Å². The van der Waals surface area contributed by atoms with E-state index in [1.165, 1.54) is 36.2 Å². The predicted molar refractivity (Wildman–Crippen MR) is 117 cm³/mol. The molecule has 2 aromatic rings. The molecule has 0 radical (unpaired) electrons. The quantitative estimate of drug-likeness (QED) is 0.544. The van der Waals surface area contributed by atoms with Crippen LogP contribution in [0.2, 0.25) is 0 Å². The number of amides is 1. The third-order valence-corrected chi connectivity index (χ3v) is 7.26. The normalized spacial score (nSPS) is 18.1. The van der Waals surface area contributed by atoms with Crippen molar-refractivity contribution in [1.29, 1.82) is 0 Å². The largest absolute Gasteiger partial charge is 0.342 e. The summed E-state index contributed by atoms with van der Waals surface area (Å²) in [6.45, 7) is 1.60. The van der Waals surface area contributed by atoms with Gasteiger partial charge in [0.05, 0.1) is 5.75 Å². The Balaban J connectivity index is 1.72. The predicted octanol–water partition coefficient (Wildman–Crippen LogP) is 2.18. The summed E-state index contributed by atoms with van der Waals surface area (Å²) >= 11 is 1.30. The zero-order chi connectivity index (χ0) is 21.3. The lowest BCUT2D eigenvalue weighted by Gasteiger charge is -2.20. The summed E-state index contributed by atoms with van der Waals surface area (Å²) in [4.78, 5) is 49.5. The lowest BCUT2D eigenvalue weighted by atomic mass is 10.1. The first kappa shape index (κ1) is 21.1. The Hall–Kier alpha value is -2.16. The number of rotatable bonds is 4. The van der Waals surface area contributed by atoms with E-state index in [-0.39, 0.29) is 17.6 Å². The highest BCUT2D eigenvalue weighted by molar-refractivity contribution is 8.00. The van der Waals surface area contributed by atoms with Gasteiger partial charge in [-0.1, -0.05) is 37.4 Å². The van der Waals surface area contributed by atoms with Crippen LogP contribution in [0.5, 0.6) is 0 Å². The fraction of sp³-hybridized carbons (Fsp3) is 0.667. The molecule has 1 aliphatic carbocycles. The second-order valence-electron chi connectivity index (χ2n) is 8.36. The number of likely N-dealkylation sites (tertiary alicyclic amines) is 1. The van der Waals surface area contributed by atoms with Crippen molar-refractivity contribution in [2.24, 2.45) is 14.1 Å². The molecule has 9 heteroatoms. The van der Waals surface area contributed by atoms with Gasteiger partial charge in [-0.25, -0.2) is 14.8 Å². The number of nitrogens with zero attached hydrogens (tertiary/aromatic N) is 5. The molecule has 0 aromatic carbocycles. The van der Waals surface area contributed by atoms with Crippen molar-refractivity contribution in [2.45, 2.75) is 62.3 Å². The van der Waals surface area contributed by atoms with E-state index in [0.717, 1.165) is 56.2 Å². The lowest BCUT2D eigenvalue weighted by molar-refractivity contribution is -0.128. The van der Waals surface area contributed by atoms with E-state index in [1.54, 1.807) is 7.05 Å². The van der Waals surface area contributed by atoms with Crippen molar-refractivity contribution in [3.63, 3.8) is 0 Å². The highest BCUT2D eigenvalue weighted by Crippen LogP contribution is 2.34. The molecule has 0 unspecified atom stereocenters. The van der Waals surface area contributed by atoms with Crippen LogP contribution in [0, 0.1) is 0 Å². The maximum Gasteiger partial charge on any atom is 0.332 e. The van der Waals surface area contributed by atoms with E-state index in [2.05, 4.69) is 4.98 Å². The third-order valence-electron chi connectivity index (χ3n) is 6.30. The minimum absolute atomic E-state index is 0.0812. The van der Waals surface area contributed by atoms with E-state index in [9.17, 15) is 14.4 Å². The van der Waals surface area contributed by atoms with E-state index in [0.29, 0.717) is 21.9 Å². The van der Waals surface area contributed by atoms with Crippen LogP contribution in [-0.2, 0) is 18.9 Å². The number of thioether (sulfide) groups is 1. The van der Waals surface area contributed by atoms with Crippen LogP contribution in [-0.4, -0.2) is 48.8 Å². The Morgan fingerprint density at radius 1 is 0.967 bits per heavy atom. The smallest absolute Gasteiger partial charge is 0.332 e. The number of hydrogen-bond acceptors (Lipinski definition) is 6. The van der Waals surface area contributed by atoms with E-state index in [1.807, 2.05) is 4.90 Å². The molecule has 0 atom stereocenters. The van der Waals surface area contributed by atoms with Gasteiger partial charge in [0.25, 0.3) is 5.56 Å². The fourth-order valence-corrected chi connectivity index (χ4v) is 5.38. The molecule has 0 N–H and O–H groups in total. The van der Waals surface area contributed by atoms with Crippen LogP contribution in [0.15, 0.2) is 14.6 Å². The Kier molecular flexibility index (Phi) is 6.26. The van der Waals surface area contributed by atoms with Crippen LogP contribution in [0.4, 0.5) is 0 Å². The molecule has 2 aromatic heterocycles. The van der Waals surface area contributed by atoms with Gasteiger partial charge < -0.3 is 4.90 Å². The van der Waals surface area contributed by atoms with E-state index in [4.69, 9.17) is 4.98 Å². The summed E-state index contributed by atoms with van der Waals surface area (Å²) in [7, 11) is 3.10. The van der Waals surface area contributed by atoms with Gasteiger partial charge in [0.2, 0.25) is 5.91 Å². The zero-order valence-electron chi connectivity index (χ0n) is 17.7. The number of carbonyl (C=O) groups excluding carboxylic acids is 1. The molecular formula is C21H29N5O3S. The van der Waals surface area contributed by atoms with Crippen molar-refractivity contribution in [3.8, 4) is 0 Å². The monoisotopic (exact) mass is 431 g/mol. The number of carbonyl (C=O) groups is 1. The second kappa shape index (κ2) is 8.91. The van der Waals surface area contributed by atoms with Gasteiger partial charge in [0.15, 0.2) is 5.65 Å². The molecule has 8 nitrogen and oxygen atoms in total. The summed E-state index contributed by atoms with van der Waals surface area (Å²) in [5.74, 6) is 1.25. The lowest BCUT2D eigenvalue weighted by Crippen LogP contribution is -2.38. The summed E-state index contributed by atoms with van der Waals surface area (Å²) < 4.78 is 2.50. The Morgan fingerprint density at radius 2 is 1.63 bits per heavy atom. The molecule has 30 heavy (non-hydrogen) atoms. The van der Waals surface area contributed by atoms with Crippen LogP contribution in [0.1, 0.15) is 63.1 Å². The maximum absolute atomic E-state index is 12.9. The first-order valence-electron chi connectivity index (χ1n) is 10.9. The molecule has 162 valence electrons. The molecule has 0 bridgehead atoms. The van der Waals surface area contributed by atoms with Crippen LogP contribution >= 0.6 is 11.8 Å². The molecule has 3 heterocycles. The number of fused-ring (bicyclic) bond motifs is 1. The van der Waals surface area contributed by atoms with E-state index < -0.39 is 11.2 Å². The van der Waals surface area contributed by atoms with Crippen LogP contribution in [0.25, 0.3) is 11.0 Å². The molecule has 1 saturated carbocycles. The first-order chi connectivity index (χ1) is 14.5. The molecule has 2 aliphatic rings. The standard InChI is InChI=1S/C21H29N5O3S/c1-24-18-16(20(28)25(2)21(24)29)19(23-17(22-18)14-9-5-6-10-14)30-13-15(27)26-11-7-3-4-8-12-26/h14H,3-13H2,1-2H3. The van der Waals surface area contributed by atoms with Gasteiger partial charge in [-0.05, 0) is 25.7 Å². The average Bonchev–Trinajstić information content (AvgIpc) is 3.16. The summed E-state index contributed by atoms with van der Waals surface area (Å²) in [6.07, 6.45) is 8.73. The highest BCUT2D eigenvalue weighted by atomic mass is 32.2. The number of aryl methyl sites for hydroxylation is 1. The second-order valence-corrected chi connectivity index (χ2v) is 9.32. The average molecular weight is 432 g/mol. The molecule has 1 aliphatic heterocycles. The van der Waals surface area contributed by atoms with Gasteiger partial charge in [-0.3, -0.25) is 18.7 Å². The van der Waals surface area contributed by atoms with Crippen LogP contribution in [0.3, 0.4) is 0 Å². The van der Waals surface area contributed by atoms with Crippen molar-refractivity contribution < 1.29 is 4.79 Å². The van der Waals surface area contributed by atoms with Gasteiger partial charge in [-0.15, -0.1) is 0 Å². The molecule has 0 spiro atoms. The van der Waals surface area contributed by atoms with Crippen molar-refractivity contribution in [3.05, 3.63) is 26.7 Å². The minimum atomic E-state index is -0.407. The van der Waals surface area contributed by atoms with Gasteiger partial charge in [0.1, 0.15) is 16.2 Å². The molecule has 1 amide bonds. The van der Waals surface area contributed by atoms with Gasteiger partial charge in [-0.2, -0.15) is 0 Å². The Morgan fingerprint density at radius 3 is 2.30 bits per heavy atom. The summed E-state index contributed by atoms with van der Waals surface area (Å²) in [5, 5.41) is 0.844. The fourth-order valence-electron chi connectivity index (χ4n) is 4.46. The zero-order valence-corrected chi connectivity index (χ0v) is 18.5. The van der Waals surface area contributed by atoms with Crippen molar-refractivity contribution >= 4 is 28.7 Å². The van der Waals surface area contributed by atoms with Crippen molar-refractivity contribution in [2.75, 3.05) is 18.8 Å². The first-order valence-corrected chi connectivity index (χ1v) is 11.8. The Bertz CT molecular complexity index is 1060. The van der Waals surface area contributed by atoms with Crippen molar-refractivity contribution in [1.82, 2.24) is 24.0 Å². The number of aromatic nitrogens is 4. The molecule has 1 saturated heterocycles. The SMILES string of the molecule is Cn1c(=O)c2c(SCC(=O)N3CCCCCC3)nc(C3CCCC3)nc2n(C)c1=O. The van der Waals surface area contributed by atoms with Crippen LogP contribution < -0.4 is 11.2 Å². The highest BCUT2D eigenvalue weighted by Gasteiger charge is 2.25. The Labute approximate surface area is 179 Å². The maximum atomic E-state index is 12.9. The topological polar surface area (TPSA) is 90.1 Å². The summed E-state index contributed by atoms with van der Waals surface area (Å²) in [5.41, 5.74) is -0.444. The molecule has 2 fully saturated rings. The minimum Gasteiger partial charge on any atom is -0.342 e. The third kappa shape index (κ3) is 4.04. The van der Waals surface area contributed by atoms with Gasteiger partial charge >= 0.3 is 5.69 Å². The molecular weight excluding hydrogens is 402 g/mol. The summed E-state index contributed by atoms with van der Waals surface area (Å²) in [6, 6.07) is 0. The van der Waals surface area contributed by atoms with Gasteiger partial charge in [0, 0.05) is 33.1 Å². The number of hydrogen-bond donors (Lipinski definition) is 0. The molecule has 4 rings (SSSR count).